The molecular weight excluding hydrogens is 253 g/mol. The van der Waals surface area contributed by atoms with E-state index in [2.05, 4.69) is 27.9 Å². The number of rotatable bonds is 0. The minimum absolute atomic E-state index is 0.114. The molecule has 1 aliphatic rings. The molecule has 0 bridgehead atoms. The summed E-state index contributed by atoms with van der Waals surface area (Å²) in [4.78, 5) is 0. The summed E-state index contributed by atoms with van der Waals surface area (Å²) in [6.45, 7) is 0. The number of hydrogen-bond acceptors (Lipinski definition) is 6. The molecule has 0 atom stereocenters. The van der Waals surface area contributed by atoms with Gasteiger partial charge < -0.3 is 27.9 Å². The van der Waals surface area contributed by atoms with E-state index < -0.39 is 0 Å². The van der Waals surface area contributed by atoms with Crippen LogP contribution in [0, 0.1) is 0 Å². The van der Waals surface area contributed by atoms with E-state index in [9.17, 15) is 0 Å². The highest BCUT2D eigenvalue weighted by Crippen LogP contribution is 1.47. The van der Waals surface area contributed by atoms with Crippen molar-refractivity contribution in [3.05, 3.63) is 0 Å². The molecule has 0 unspecified atom stereocenters. The molecule has 0 aromatic heterocycles. The maximum absolute atomic E-state index is 3.56. The first kappa shape index (κ1) is 11.1. The normalized spacial score (nSPS) is 36.0. The quantitative estimate of drug-likeness (QED) is 0.246. The molecule has 1 aliphatic heterocycles. The lowest BCUT2D eigenvalue weighted by atomic mass is 13.7. The molecular formula is H18N6Si6. The molecule has 12 heavy (non-hydrogen) atoms. The zero-order valence-electron chi connectivity index (χ0n) is 7.24. The Morgan fingerprint density at radius 3 is 0.667 bits per heavy atom. The van der Waals surface area contributed by atoms with Crippen LogP contribution in [0.2, 0.25) is 0 Å². The highest BCUT2D eigenvalue weighted by atomic mass is 28.4. The summed E-state index contributed by atoms with van der Waals surface area (Å²) in [5.74, 6) is 0. The number of nitrogens with one attached hydrogen (secondary N) is 6. The molecule has 6 N–H and O–H groups in total. The van der Waals surface area contributed by atoms with Gasteiger partial charge in [0.1, 0.15) is 0 Å². The van der Waals surface area contributed by atoms with Crippen LogP contribution < -0.4 is 27.9 Å². The lowest BCUT2D eigenvalue weighted by molar-refractivity contribution is 1.28. The van der Waals surface area contributed by atoms with Gasteiger partial charge in [0.25, 0.3) is 0 Å². The zero-order chi connectivity index (χ0) is 8.49. The van der Waals surface area contributed by atoms with Gasteiger partial charge in [0.05, 0.1) is 0 Å². The summed E-state index contributed by atoms with van der Waals surface area (Å²) < 4.78 is 21.4. The maximum Gasteiger partial charge on any atom is 0.155 e. The Hall–Kier alpha value is 1.06. The second-order valence-electron chi connectivity index (χ2n) is 2.56. The van der Waals surface area contributed by atoms with E-state index in [0.29, 0.717) is 0 Å². The third-order valence-electron chi connectivity index (χ3n) is 1.50. The third kappa shape index (κ3) is 6.56. The molecule has 72 valence electrons. The van der Waals surface area contributed by atoms with Gasteiger partial charge in [0, 0.05) is 0 Å². The second kappa shape index (κ2) is 8.65. The van der Waals surface area contributed by atoms with Crippen LogP contribution in [0.3, 0.4) is 0 Å². The Morgan fingerprint density at radius 1 is 0.333 bits per heavy atom. The van der Waals surface area contributed by atoms with Crippen LogP contribution in [0.5, 0.6) is 0 Å². The fraction of sp³-hybridized carbons (Fsp3) is 0. The lowest BCUT2D eigenvalue weighted by Gasteiger charge is -2.11. The summed E-state index contributed by atoms with van der Waals surface area (Å²) in [6.07, 6.45) is 0. The minimum Gasteiger partial charge on any atom is -0.346 e. The number of hydrogen-bond donors (Lipinski definition) is 6. The Balaban J connectivity index is 2.00. The molecule has 0 radical (unpaired) electrons. The molecule has 0 spiro atoms. The van der Waals surface area contributed by atoms with Crippen LogP contribution in [0.15, 0.2) is 0 Å². The lowest BCUT2D eigenvalue weighted by Crippen LogP contribution is -2.55. The van der Waals surface area contributed by atoms with E-state index in [1.54, 1.807) is 0 Å². The highest BCUT2D eigenvalue weighted by molar-refractivity contribution is 6.66. The van der Waals surface area contributed by atoms with E-state index in [-0.39, 0.29) is 59.1 Å². The summed E-state index contributed by atoms with van der Waals surface area (Å²) in [7, 11) is -0.685. The van der Waals surface area contributed by atoms with Gasteiger partial charge in [-0.25, -0.2) is 0 Å². The van der Waals surface area contributed by atoms with Gasteiger partial charge in [-0.05, 0) is 0 Å². The van der Waals surface area contributed by atoms with Crippen molar-refractivity contribution in [1.82, 2.24) is 27.9 Å². The van der Waals surface area contributed by atoms with Crippen LogP contribution >= 0.6 is 0 Å². The molecule has 0 aliphatic carbocycles. The van der Waals surface area contributed by atoms with Crippen molar-refractivity contribution >= 4 is 59.1 Å². The van der Waals surface area contributed by atoms with Gasteiger partial charge in [0.15, 0.2) is 59.1 Å². The summed E-state index contributed by atoms with van der Waals surface area (Å²) >= 11 is 0. The molecule has 1 saturated heterocycles. The predicted molar refractivity (Wildman–Crippen MR) is 70.1 cm³/mol. The van der Waals surface area contributed by atoms with Crippen molar-refractivity contribution in [2.24, 2.45) is 0 Å². The van der Waals surface area contributed by atoms with Crippen molar-refractivity contribution in [3.63, 3.8) is 0 Å². The fourth-order valence-corrected chi connectivity index (χ4v) is 17.7. The van der Waals surface area contributed by atoms with E-state index in [1.165, 1.54) is 0 Å². The van der Waals surface area contributed by atoms with Crippen LogP contribution in [-0.4, -0.2) is 59.1 Å². The van der Waals surface area contributed by atoms with Crippen molar-refractivity contribution < 1.29 is 0 Å². The van der Waals surface area contributed by atoms with E-state index >= 15 is 0 Å². The summed E-state index contributed by atoms with van der Waals surface area (Å²) in [5, 5.41) is 0. The van der Waals surface area contributed by atoms with Crippen molar-refractivity contribution in [1.29, 1.82) is 0 Å². The van der Waals surface area contributed by atoms with Crippen molar-refractivity contribution in [3.8, 4) is 0 Å². The molecule has 1 rings (SSSR count). The predicted octanol–water partition coefficient (Wildman–Crippen LogP) is -8.47. The van der Waals surface area contributed by atoms with Gasteiger partial charge in [-0.3, -0.25) is 0 Å². The van der Waals surface area contributed by atoms with Crippen molar-refractivity contribution in [2.45, 2.75) is 0 Å². The second-order valence-corrected chi connectivity index (χ2v) is 16.7. The van der Waals surface area contributed by atoms with Gasteiger partial charge in [-0.2, -0.15) is 0 Å². The van der Waals surface area contributed by atoms with Gasteiger partial charge in [-0.1, -0.05) is 0 Å². The molecule has 0 aromatic carbocycles. The van der Waals surface area contributed by atoms with Gasteiger partial charge in [0.2, 0.25) is 0 Å². The monoisotopic (exact) mass is 270 g/mol. The smallest absolute Gasteiger partial charge is 0.155 e. The molecule has 6 nitrogen and oxygen atoms in total. The summed E-state index contributed by atoms with van der Waals surface area (Å²) in [5.41, 5.74) is 0. The maximum atomic E-state index is 3.56. The van der Waals surface area contributed by atoms with Crippen LogP contribution in [0.4, 0.5) is 0 Å². The Morgan fingerprint density at radius 2 is 0.500 bits per heavy atom. The standard InChI is InChI=1S/H18N6Si6/c1-7-2-9-4-11-6-12-5-10-3-8-1/h1-6H,7-12H2. The molecule has 0 amide bonds. The molecule has 1 fully saturated rings. The zero-order valence-corrected chi connectivity index (χ0v) is 15.7. The third-order valence-corrected chi connectivity index (χ3v) is 13.5. The van der Waals surface area contributed by atoms with Crippen LogP contribution in [0.1, 0.15) is 0 Å². The first-order chi connectivity index (χ1) is 6.00. The average Bonchev–Trinajstić information content (AvgIpc) is 2.05. The van der Waals surface area contributed by atoms with Crippen LogP contribution in [0.25, 0.3) is 0 Å². The topological polar surface area (TPSA) is 72.2 Å². The van der Waals surface area contributed by atoms with E-state index in [4.69, 9.17) is 0 Å². The summed E-state index contributed by atoms with van der Waals surface area (Å²) in [6, 6.07) is 0. The molecule has 1 heterocycles. The van der Waals surface area contributed by atoms with Crippen LogP contribution in [-0.2, 0) is 0 Å². The highest BCUT2D eigenvalue weighted by Gasteiger charge is 1.93. The minimum atomic E-state index is -0.114. The Bertz CT molecular complexity index is 55.0. The van der Waals surface area contributed by atoms with E-state index in [1.807, 2.05) is 0 Å². The fourth-order valence-electron chi connectivity index (χ4n) is 0.905. The Labute approximate surface area is 87.1 Å². The van der Waals surface area contributed by atoms with Crippen molar-refractivity contribution in [2.75, 3.05) is 0 Å². The van der Waals surface area contributed by atoms with Gasteiger partial charge in [-0.15, -0.1) is 0 Å². The largest absolute Gasteiger partial charge is 0.346 e. The van der Waals surface area contributed by atoms with E-state index in [0.717, 1.165) is 0 Å². The molecule has 12 heteroatoms. The average molecular weight is 271 g/mol. The SMILES string of the molecule is N1[SiH2]N[SiH2]N[SiH2]N[SiH2]N[SiH2]N[SiH2]1. The molecule has 0 aromatic rings. The first-order valence-corrected chi connectivity index (χ1v) is 12.7. The van der Waals surface area contributed by atoms with Gasteiger partial charge >= 0.3 is 0 Å². The molecule has 0 saturated carbocycles. The first-order valence-electron chi connectivity index (χ1n) is 4.24. The Kier molecular flexibility index (Phi) is 8.03.